The molecule has 86 valence electrons. The molecule has 5 nitrogen and oxygen atoms in total. The Morgan fingerprint density at radius 2 is 2.20 bits per heavy atom. The van der Waals surface area contributed by atoms with E-state index in [0.29, 0.717) is 0 Å². The molecule has 0 aromatic rings. The van der Waals surface area contributed by atoms with Gasteiger partial charge in [-0.3, -0.25) is 9.59 Å². The molecular weight excluding hydrogens is 194 g/mol. The Hall–Kier alpha value is -1.10. The largest absolute Gasteiger partial charge is 0.331 e. The summed E-state index contributed by atoms with van der Waals surface area (Å²) in [5.41, 5.74) is 4.73. The molecule has 2 amide bonds. The third-order valence-electron chi connectivity index (χ3n) is 3.21. The van der Waals surface area contributed by atoms with Gasteiger partial charge in [0.15, 0.2) is 0 Å². The fourth-order valence-corrected chi connectivity index (χ4v) is 1.93. The van der Waals surface area contributed by atoms with E-state index in [4.69, 9.17) is 5.73 Å². The topological polar surface area (TPSA) is 75.4 Å². The Morgan fingerprint density at radius 3 is 2.60 bits per heavy atom. The van der Waals surface area contributed by atoms with Gasteiger partial charge in [0.1, 0.15) is 11.7 Å². The summed E-state index contributed by atoms with van der Waals surface area (Å²) in [6, 6.07) is -0.437. The highest BCUT2D eigenvalue weighted by molar-refractivity contribution is 5.92. The lowest BCUT2D eigenvalue weighted by atomic mass is 9.97. The fourth-order valence-electron chi connectivity index (χ4n) is 1.93. The molecule has 2 unspecified atom stereocenters. The van der Waals surface area contributed by atoms with Crippen molar-refractivity contribution in [2.45, 2.75) is 39.4 Å². The number of carbonyl (C=O) groups is 2. The van der Waals surface area contributed by atoms with E-state index in [0.717, 1.165) is 0 Å². The number of hydrogen-bond donors (Lipinski definition) is 2. The zero-order valence-corrected chi connectivity index (χ0v) is 9.70. The Kier molecular flexibility index (Phi) is 3.04. The summed E-state index contributed by atoms with van der Waals surface area (Å²) >= 11 is 0. The highest BCUT2D eigenvalue weighted by atomic mass is 16.2. The summed E-state index contributed by atoms with van der Waals surface area (Å²) in [4.78, 5) is 24.8. The lowest BCUT2D eigenvalue weighted by Crippen LogP contribution is -2.57. The Labute approximate surface area is 90.0 Å². The highest BCUT2D eigenvalue weighted by Crippen LogP contribution is 2.29. The normalized spacial score (nSPS) is 30.9. The molecule has 3 N–H and O–H groups in total. The molecule has 0 bridgehead atoms. The molecular formula is C10H19N3O2. The van der Waals surface area contributed by atoms with Gasteiger partial charge in [0.05, 0.1) is 6.54 Å². The van der Waals surface area contributed by atoms with Gasteiger partial charge in [0, 0.05) is 0 Å². The predicted molar refractivity (Wildman–Crippen MR) is 56.7 cm³/mol. The van der Waals surface area contributed by atoms with E-state index >= 15 is 0 Å². The molecule has 0 aliphatic carbocycles. The first-order valence-electron chi connectivity index (χ1n) is 5.18. The summed E-state index contributed by atoms with van der Waals surface area (Å²) < 4.78 is 0. The van der Waals surface area contributed by atoms with E-state index in [1.54, 1.807) is 11.8 Å². The average molecular weight is 213 g/mol. The maximum absolute atomic E-state index is 11.7. The Balaban J connectivity index is 3.07. The SMILES string of the molecule is CC1C(=O)NC(C)(C(C)C)N1C(=O)CN. The molecule has 2 atom stereocenters. The Morgan fingerprint density at radius 1 is 1.67 bits per heavy atom. The number of nitrogens with zero attached hydrogens (tertiary/aromatic N) is 1. The minimum absolute atomic E-state index is 0.0678. The monoisotopic (exact) mass is 213 g/mol. The van der Waals surface area contributed by atoms with Gasteiger partial charge in [-0.25, -0.2) is 0 Å². The second-order valence-electron chi connectivity index (χ2n) is 4.44. The van der Waals surface area contributed by atoms with E-state index in [-0.39, 0.29) is 24.3 Å². The molecule has 1 aliphatic heterocycles. The van der Waals surface area contributed by atoms with Crippen LogP contribution in [0.15, 0.2) is 0 Å². The second kappa shape index (κ2) is 3.81. The van der Waals surface area contributed by atoms with Crippen molar-refractivity contribution in [3.8, 4) is 0 Å². The quantitative estimate of drug-likeness (QED) is 0.659. The average Bonchev–Trinajstić information content (AvgIpc) is 2.38. The number of amides is 2. The van der Waals surface area contributed by atoms with Gasteiger partial charge in [-0.1, -0.05) is 13.8 Å². The standard InChI is InChI=1S/C10H19N3O2/c1-6(2)10(4)12-9(15)7(3)13(10)8(14)5-11/h6-7H,5,11H2,1-4H3,(H,12,15). The van der Waals surface area contributed by atoms with Crippen molar-refractivity contribution in [1.29, 1.82) is 0 Å². The van der Waals surface area contributed by atoms with Crippen LogP contribution in [0.3, 0.4) is 0 Å². The first kappa shape index (κ1) is 12.0. The molecule has 1 rings (SSSR count). The van der Waals surface area contributed by atoms with Crippen molar-refractivity contribution in [3.05, 3.63) is 0 Å². The molecule has 1 aliphatic rings. The van der Waals surface area contributed by atoms with E-state index in [1.165, 1.54) is 0 Å². The Bertz CT molecular complexity index is 290. The van der Waals surface area contributed by atoms with E-state index in [2.05, 4.69) is 5.32 Å². The van der Waals surface area contributed by atoms with Crippen molar-refractivity contribution >= 4 is 11.8 Å². The van der Waals surface area contributed by atoms with Crippen LogP contribution in [0.1, 0.15) is 27.7 Å². The van der Waals surface area contributed by atoms with Gasteiger partial charge >= 0.3 is 0 Å². The maximum Gasteiger partial charge on any atom is 0.244 e. The van der Waals surface area contributed by atoms with Crippen LogP contribution < -0.4 is 11.1 Å². The minimum atomic E-state index is -0.618. The molecule has 15 heavy (non-hydrogen) atoms. The molecule has 1 heterocycles. The van der Waals surface area contributed by atoms with Crippen LogP contribution in [0, 0.1) is 5.92 Å². The van der Waals surface area contributed by atoms with Gasteiger partial charge in [-0.2, -0.15) is 0 Å². The van der Waals surface area contributed by atoms with Crippen molar-refractivity contribution in [3.63, 3.8) is 0 Å². The van der Waals surface area contributed by atoms with Crippen LogP contribution >= 0.6 is 0 Å². The van der Waals surface area contributed by atoms with E-state index in [1.807, 2.05) is 20.8 Å². The molecule has 0 aromatic carbocycles. The van der Waals surface area contributed by atoms with Crippen LogP contribution in [0.4, 0.5) is 0 Å². The number of nitrogens with one attached hydrogen (secondary N) is 1. The third kappa shape index (κ3) is 1.71. The molecule has 0 aromatic heterocycles. The molecule has 5 heteroatoms. The van der Waals surface area contributed by atoms with E-state index in [9.17, 15) is 9.59 Å². The zero-order valence-electron chi connectivity index (χ0n) is 9.70. The van der Waals surface area contributed by atoms with Crippen molar-refractivity contribution in [1.82, 2.24) is 10.2 Å². The third-order valence-corrected chi connectivity index (χ3v) is 3.21. The van der Waals surface area contributed by atoms with Crippen LogP contribution in [0.5, 0.6) is 0 Å². The predicted octanol–water partition coefficient (Wildman–Crippen LogP) is -0.336. The number of carbonyl (C=O) groups excluding carboxylic acids is 2. The van der Waals surface area contributed by atoms with Crippen molar-refractivity contribution in [2.75, 3.05) is 6.54 Å². The van der Waals surface area contributed by atoms with Gasteiger partial charge in [0.2, 0.25) is 11.8 Å². The van der Waals surface area contributed by atoms with Gasteiger partial charge in [-0.15, -0.1) is 0 Å². The van der Waals surface area contributed by atoms with Crippen LogP contribution in [-0.2, 0) is 9.59 Å². The van der Waals surface area contributed by atoms with Crippen molar-refractivity contribution in [2.24, 2.45) is 11.7 Å². The zero-order chi connectivity index (χ0) is 11.8. The lowest BCUT2D eigenvalue weighted by Gasteiger charge is -2.39. The summed E-state index contributed by atoms with van der Waals surface area (Å²) in [6.45, 7) is 7.44. The molecule has 0 radical (unpaired) electrons. The lowest BCUT2D eigenvalue weighted by molar-refractivity contribution is -0.138. The highest BCUT2D eigenvalue weighted by Gasteiger charge is 2.49. The molecule has 0 spiro atoms. The number of hydrogen-bond acceptors (Lipinski definition) is 3. The van der Waals surface area contributed by atoms with Crippen LogP contribution in [0.2, 0.25) is 0 Å². The first-order valence-corrected chi connectivity index (χ1v) is 5.18. The summed E-state index contributed by atoms with van der Waals surface area (Å²) in [7, 11) is 0. The summed E-state index contributed by atoms with van der Waals surface area (Å²) in [6.07, 6.45) is 0. The van der Waals surface area contributed by atoms with Gasteiger partial charge in [0.25, 0.3) is 0 Å². The van der Waals surface area contributed by atoms with Gasteiger partial charge in [-0.05, 0) is 19.8 Å². The first-order chi connectivity index (χ1) is 6.84. The summed E-state index contributed by atoms with van der Waals surface area (Å²) in [5, 5.41) is 2.86. The smallest absolute Gasteiger partial charge is 0.244 e. The molecule has 0 saturated carbocycles. The van der Waals surface area contributed by atoms with E-state index < -0.39 is 11.7 Å². The molecule has 1 saturated heterocycles. The number of nitrogens with two attached hydrogens (primary N) is 1. The fraction of sp³-hybridized carbons (Fsp3) is 0.800. The van der Waals surface area contributed by atoms with Crippen LogP contribution in [0.25, 0.3) is 0 Å². The maximum atomic E-state index is 11.7. The minimum Gasteiger partial charge on any atom is -0.331 e. The van der Waals surface area contributed by atoms with Crippen molar-refractivity contribution < 1.29 is 9.59 Å². The molecule has 1 fully saturated rings. The summed E-state index contributed by atoms with van der Waals surface area (Å²) in [5.74, 6) is -0.174. The second-order valence-corrected chi connectivity index (χ2v) is 4.44. The van der Waals surface area contributed by atoms with Gasteiger partial charge < -0.3 is 16.0 Å². The number of rotatable bonds is 2. The van der Waals surface area contributed by atoms with Crippen LogP contribution in [-0.4, -0.2) is 35.0 Å².